The Morgan fingerprint density at radius 2 is 2.06 bits per heavy atom. The van der Waals surface area contributed by atoms with Crippen molar-refractivity contribution < 1.29 is 14.3 Å². The highest BCUT2D eigenvalue weighted by molar-refractivity contribution is 5.86. The average Bonchev–Trinajstić information content (AvgIpc) is 2.44. The molecule has 1 amide bonds. The van der Waals surface area contributed by atoms with Crippen LogP contribution in [0.15, 0.2) is 0 Å². The summed E-state index contributed by atoms with van der Waals surface area (Å²) in [5.74, 6) is -0.0523. The summed E-state index contributed by atoms with van der Waals surface area (Å²) in [7, 11) is 0. The minimum atomic E-state index is -0.481. The van der Waals surface area contributed by atoms with Crippen LogP contribution < -0.4 is 0 Å². The molecule has 0 aliphatic carbocycles. The fourth-order valence-electron chi connectivity index (χ4n) is 1.93. The van der Waals surface area contributed by atoms with E-state index in [4.69, 9.17) is 4.74 Å². The lowest BCUT2D eigenvalue weighted by molar-refractivity contribution is -0.159. The predicted molar refractivity (Wildman–Crippen MR) is 65.4 cm³/mol. The summed E-state index contributed by atoms with van der Waals surface area (Å²) in [5.41, 5.74) is -0.481. The average molecular weight is 241 g/mol. The first-order valence-electron chi connectivity index (χ1n) is 6.19. The van der Waals surface area contributed by atoms with Crippen molar-refractivity contribution in [3.8, 4) is 0 Å². The standard InChI is InChI=1S/C13H23NO3/c1-9(2)7-14-8-10(6-11(14)15)12(16)17-13(3,4)5/h9-10H,6-8H2,1-5H3. The van der Waals surface area contributed by atoms with E-state index in [9.17, 15) is 9.59 Å². The van der Waals surface area contributed by atoms with Gasteiger partial charge in [0.05, 0.1) is 5.92 Å². The van der Waals surface area contributed by atoms with Crippen molar-refractivity contribution in [2.24, 2.45) is 11.8 Å². The van der Waals surface area contributed by atoms with E-state index < -0.39 is 5.60 Å². The third-order valence-corrected chi connectivity index (χ3v) is 2.54. The molecule has 1 aliphatic rings. The van der Waals surface area contributed by atoms with Crippen LogP contribution in [0.3, 0.4) is 0 Å². The molecule has 1 aliphatic heterocycles. The van der Waals surface area contributed by atoms with Crippen LogP contribution in [0.25, 0.3) is 0 Å². The topological polar surface area (TPSA) is 46.6 Å². The molecule has 1 fully saturated rings. The second-order valence-electron chi connectivity index (χ2n) is 6.13. The lowest BCUT2D eigenvalue weighted by Crippen LogP contribution is -2.32. The summed E-state index contributed by atoms with van der Waals surface area (Å²) in [4.78, 5) is 25.3. The third-order valence-electron chi connectivity index (χ3n) is 2.54. The molecule has 0 radical (unpaired) electrons. The molecule has 1 heterocycles. The maximum Gasteiger partial charge on any atom is 0.311 e. The van der Waals surface area contributed by atoms with E-state index in [1.54, 1.807) is 4.90 Å². The van der Waals surface area contributed by atoms with Gasteiger partial charge >= 0.3 is 5.97 Å². The maximum absolute atomic E-state index is 11.8. The molecule has 0 saturated carbocycles. The van der Waals surface area contributed by atoms with E-state index in [1.165, 1.54) is 0 Å². The van der Waals surface area contributed by atoms with Crippen LogP contribution in [0.4, 0.5) is 0 Å². The van der Waals surface area contributed by atoms with E-state index in [1.807, 2.05) is 20.8 Å². The summed E-state index contributed by atoms with van der Waals surface area (Å²) in [6.07, 6.45) is 0.293. The van der Waals surface area contributed by atoms with Crippen molar-refractivity contribution in [2.45, 2.75) is 46.6 Å². The molecular formula is C13H23NO3. The van der Waals surface area contributed by atoms with Crippen LogP contribution in [0, 0.1) is 11.8 Å². The SMILES string of the molecule is CC(C)CN1CC(C(=O)OC(C)(C)C)CC1=O. The van der Waals surface area contributed by atoms with Crippen molar-refractivity contribution in [3.05, 3.63) is 0 Å². The molecule has 0 bridgehead atoms. The molecule has 1 atom stereocenters. The largest absolute Gasteiger partial charge is 0.460 e. The molecule has 1 saturated heterocycles. The van der Waals surface area contributed by atoms with Gasteiger partial charge in [-0.25, -0.2) is 0 Å². The second-order valence-corrected chi connectivity index (χ2v) is 6.13. The van der Waals surface area contributed by atoms with Crippen molar-refractivity contribution in [1.29, 1.82) is 0 Å². The van der Waals surface area contributed by atoms with E-state index in [0.717, 1.165) is 6.54 Å². The van der Waals surface area contributed by atoms with Gasteiger partial charge < -0.3 is 9.64 Å². The minimum absolute atomic E-state index is 0.0644. The van der Waals surface area contributed by atoms with Gasteiger partial charge in [0, 0.05) is 19.5 Å². The van der Waals surface area contributed by atoms with Crippen LogP contribution in [-0.2, 0) is 14.3 Å². The van der Waals surface area contributed by atoms with Gasteiger partial charge in [0.15, 0.2) is 0 Å². The first kappa shape index (κ1) is 14.0. The van der Waals surface area contributed by atoms with Crippen molar-refractivity contribution in [3.63, 3.8) is 0 Å². The number of carbonyl (C=O) groups is 2. The number of hydrogen-bond acceptors (Lipinski definition) is 3. The smallest absolute Gasteiger partial charge is 0.311 e. The number of ether oxygens (including phenoxy) is 1. The Morgan fingerprint density at radius 3 is 2.53 bits per heavy atom. The van der Waals surface area contributed by atoms with Gasteiger partial charge in [-0.2, -0.15) is 0 Å². The molecular weight excluding hydrogens is 218 g/mol. The highest BCUT2D eigenvalue weighted by atomic mass is 16.6. The molecule has 0 aromatic carbocycles. The monoisotopic (exact) mass is 241 g/mol. The zero-order valence-corrected chi connectivity index (χ0v) is 11.4. The van der Waals surface area contributed by atoms with Crippen LogP contribution in [0.5, 0.6) is 0 Å². The van der Waals surface area contributed by atoms with Crippen molar-refractivity contribution >= 4 is 11.9 Å². The summed E-state index contributed by atoms with van der Waals surface area (Å²) in [5, 5.41) is 0. The Bertz CT molecular complexity index is 304. The zero-order valence-electron chi connectivity index (χ0n) is 11.4. The van der Waals surface area contributed by atoms with Gasteiger partial charge in [0.1, 0.15) is 5.60 Å². The maximum atomic E-state index is 11.8. The summed E-state index contributed by atoms with van der Waals surface area (Å²) >= 11 is 0. The summed E-state index contributed by atoms with van der Waals surface area (Å²) in [6, 6.07) is 0. The Hall–Kier alpha value is -1.06. The van der Waals surface area contributed by atoms with E-state index in [0.29, 0.717) is 18.9 Å². The quantitative estimate of drug-likeness (QED) is 0.708. The molecule has 98 valence electrons. The number of carbonyl (C=O) groups excluding carboxylic acids is 2. The van der Waals surface area contributed by atoms with Crippen LogP contribution >= 0.6 is 0 Å². The molecule has 4 heteroatoms. The highest BCUT2D eigenvalue weighted by Crippen LogP contribution is 2.22. The van der Waals surface area contributed by atoms with E-state index >= 15 is 0 Å². The van der Waals surface area contributed by atoms with Crippen molar-refractivity contribution in [2.75, 3.05) is 13.1 Å². The van der Waals surface area contributed by atoms with Gasteiger partial charge in [-0.05, 0) is 26.7 Å². The van der Waals surface area contributed by atoms with Gasteiger partial charge in [-0.1, -0.05) is 13.8 Å². The molecule has 0 aromatic heterocycles. The van der Waals surface area contributed by atoms with E-state index in [-0.39, 0.29) is 17.8 Å². The number of hydrogen-bond donors (Lipinski definition) is 0. The zero-order chi connectivity index (χ0) is 13.2. The minimum Gasteiger partial charge on any atom is -0.460 e. The van der Waals surface area contributed by atoms with Crippen LogP contribution in [0.2, 0.25) is 0 Å². The lowest BCUT2D eigenvalue weighted by atomic mass is 10.1. The molecule has 17 heavy (non-hydrogen) atoms. The van der Waals surface area contributed by atoms with E-state index in [2.05, 4.69) is 13.8 Å². The Kier molecular flexibility index (Phi) is 4.17. The fraction of sp³-hybridized carbons (Fsp3) is 0.846. The summed E-state index contributed by atoms with van der Waals surface area (Å²) in [6.45, 7) is 10.9. The van der Waals surface area contributed by atoms with Crippen LogP contribution in [-0.4, -0.2) is 35.5 Å². The molecule has 0 N–H and O–H groups in total. The first-order valence-corrected chi connectivity index (χ1v) is 6.19. The number of rotatable bonds is 3. The Balaban J connectivity index is 2.54. The number of amides is 1. The molecule has 0 spiro atoms. The van der Waals surface area contributed by atoms with Crippen molar-refractivity contribution in [1.82, 2.24) is 4.90 Å². The van der Waals surface area contributed by atoms with Gasteiger partial charge in [-0.15, -0.1) is 0 Å². The third kappa shape index (κ3) is 4.36. The Labute approximate surface area is 103 Å². The number of esters is 1. The Morgan fingerprint density at radius 1 is 1.47 bits per heavy atom. The van der Waals surface area contributed by atoms with Gasteiger partial charge in [-0.3, -0.25) is 9.59 Å². The molecule has 1 unspecified atom stereocenters. The number of likely N-dealkylation sites (tertiary alicyclic amines) is 1. The first-order chi connectivity index (χ1) is 7.69. The van der Waals surface area contributed by atoms with Crippen LogP contribution in [0.1, 0.15) is 41.0 Å². The van der Waals surface area contributed by atoms with Gasteiger partial charge in [0.2, 0.25) is 5.91 Å². The fourth-order valence-corrected chi connectivity index (χ4v) is 1.93. The number of nitrogens with zero attached hydrogens (tertiary/aromatic N) is 1. The highest BCUT2D eigenvalue weighted by Gasteiger charge is 2.36. The normalized spacial score (nSPS) is 21.2. The second kappa shape index (κ2) is 5.07. The molecule has 0 aromatic rings. The lowest BCUT2D eigenvalue weighted by Gasteiger charge is -2.22. The molecule has 4 nitrogen and oxygen atoms in total. The predicted octanol–water partition coefficient (Wildman–Crippen LogP) is 1.83. The molecule has 1 rings (SSSR count). The van der Waals surface area contributed by atoms with Gasteiger partial charge in [0.25, 0.3) is 0 Å². The summed E-state index contributed by atoms with van der Waals surface area (Å²) < 4.78 is 5.31.